The standard InChI is InChI=1S/C8H5ClN2O2/c9-6-4-11-3-5(8(12)13)1-2-7(11)10-6/h1-4H,(H,12,13). The van der Waals surface area contributed by atoms with E-state index in [9.17, 15) is 4.79 Å². The van der Waals surface area contributed by atoms with Gasteiger partial charge in [0, 0.05) is 12.4 Å². The number of pyridine rings is 1. The number of imidazole rings is 1. The molecule has 0 fully saturated rings. The van der Waals surface area contributed by atoms with Crippen molar-refractivity contribution >= 4 is 23.2 Å². The number of nitrogens with zero attached hydrogens (tertiary/aromatic N) is 2. The van der Waals surface area contributed by atoms with Gasteiger partial charge in [0.15, 0.2) is 0 Å². The van der Waals surface area contributed by atoms with Crippen LogP contribution in [0.15, 0.2) is 24.5 Å². The summed E-state index contributed by atoms with van der Waals surface area (Å²) in [5.41, 5.74) is 0.844. The Bertz CT molecular complexity index is 478. The number of carboxylic acid groups (broad SMARTS) is 1. The smallest absolute Gasteiger partial charge is 0.337 e. The van der Waals surface area contributed by atoms with Crippen molar-refractivity contribution in [3.8, 4) is 0 Å². The first-order valence-corrected chi connectivity index (χ1v) is 3.92. The first-order chi connectivity index (χ1) is 6.16. The fraction of sp³-hybridized carbons (Fsp3) is 0. The Hall–Kier alpha value is -1.55. The number of halogens is 1. The minimum atomic E-state index is -0.966. The normalized spacial score (nSPS) is 10.5. The Balaban J connectivity index is 2.67. The fourth-order valence-electron chi connectivity index (χ4n) is 1.09. The van der Waals surface area contributed by atoms with Gasteiger partial charge < -0.3 is 9.51 Å². The molecule has 1 N–H and O–H groups in total. The molecule has 2 rings (SSSR count). The number of rotatable bonds is 1. The van der Waals surface area contributed by atoms with E-state index in [0.717, 1.165) is 0 Å². The molecule has 0 aromatic carbocycles. The third-order valence-corrected chi connectivity index (χ3v) is 1.85. The molecule has 13 heavy (non-hydrogen) atoms. The summed E-state index contributed by atoms with van der Waals surface area (Å²) in [5, 5.41) is 9.03. The van der Waals surface area contributed by atoms with Gasteiger partial charge in [-0.25, -0.2) is 9.78 Å². The van der Waals surface area contributed by atoms with E-state index < -0.39 is 5.97 Å². The lowest BCUT2D eigenvalue weighted by atomic mass is 10.3. The third kappa shape index (κ3) is 1.36. The van der Waals surface area contributed by atoms with E-state index in [1.807, 2.05) is 0 Å². The maximum absolute atomic E-state index is 10.6. The van der Waals surface area contributed by atoms with Gasteiger partial charge in [0.05, 0.1) is 5.56 Å². The summed E-state index contributed by atoms with van der Waals surface area (Å²) >= 11 is 5.64. The van der Waals surface area contributed by atoms with E-state index in [1.54, 1.807) is 16.7 Å². The predicted octanol–water partition coefficient (Wildman–Crippen LogP) is 1.69. The lowest BCUT2D eigenvalue weighted by Gasteiger charge is -1.94. The topological polar surface area (TPSA) is 54.6 Å². The summed E-state index contributed by atoms with van der Waals surface area (Å²) < 4.78 is 1.58. The van der Waals surface area contributed by atoms with Crippen LogP contribution in [0.2, 0.25) is 5.15 Å². The molecule has 0 aliphatic carbocycles. The average Bonchev–Trinajstić information content (AvgIpc) is 2.42. The molecular weight excluding hydrogens is 192 g/mol. The lowest BCUT2D eigenvalue weighted by Crippen LogP contribution is -1.97. The Kier molecular flexibility index (Phi) is 1.70. The van der Waals surface area contributed by atoms with E-state index in [-0.39, 0.29) is 5.56 Å². The summed E-state index contributed by atoms with van der Waals surface area (Å²) in [4.78, 5) is 14.5. The van der Waals surface area contributed by atoms with Crippen LogP contribution in [-0.4, -0.2) is 20.5 Å². The number of hydrogen-bond donors (Lipinski definition) is 1. The summed E-state index contributed by atoms with van der Waals surface area (Å²) in [6, 6.07) is 3.09. The molecule has 66 valence electrons. The molecule has 0 bridgehead atoms. The first-order valence-electron chi connectivity index (χ1n) is 3.54. The van der Waals surface area contributed by atoms with Crippen LogP contribution in [0.3, 0.4) is 0 Å². The molecule has 0 aliphatic heterocycles. The second-order valence-electron chi connectivity index (χ2n) is 2.55. The Morgan fingerprint density at radius 3 is 2.92 bits per heavy atom. The molecule has 0 unspecified atom stereocenters. The van der Waals surface area contributed by atoms with Crippen LogP contribution < -0.4 is 0 Å². The molecule has 0 saturated carbocycles. The molecule has 2 aromatic rings. The zero-order valence-electron chi connectivity index (χ0n) is 6.44. The number of fused-ring (bicyclic) bond motifs is 1. The van der Waals surface area contributed by atoms with Gasteiger partial charge in [-0.2, -0.15) is 0 Å². The van der Waals surface area contributed by atoms with Gasteiger partial charge in [0.1, 0.15) is 10.8 Å². The highest BCUT2D eigenvalue weighted by atomic mass is 35.5. The van der Waals surface area contributed by atoms with Crippen molar-refractivity contribution in [2.45, 2.75) is 0 Å². The molecule has 2 heterocycles. The van der Waals surface area contributed by atoms with Gasteiger partial charge in [0.25, 0.3) is 0 Å². The SMILES string of the molecule is O=C(O)c1ccc2nc(Cl)cn2c1. The number of hydrogen-bond acceptors (Lipinski definition) is 2. The van der Waals surface area contributed by atoms with Crippen molar-refractivity contribution in [3.05, 3.63) is 35.2 Å². The average molecular weight is 197 g/mol. The van der Waals surface area contributed by atoms with Crippen LogP contribution in [-0.2, 0) is 0 Å². The van der Waals surface area contributed by atoms with E-state index in [2.05, 4.69) is 4.98 Å². The van der Waals surface area contributed by atoms with Crippen LogP contribution >= 0.6 is 11.6 Å². The van der Waals surface area contributed by atoms with Crippen molar-refractivity contribution in [2.75, 3.05) is 0 Å². The Morgan fingerprint density at radius 1 is 1.46 bits per heavy atom. The zero-order valence-corrected chi connectivity index (χ0v) is 7.19. The third-order valence-electron chi connectivity index (χ3n) is 1.67. The van der Waals surface area contributed by atoms with Crippen LogP contribution in [0.25, 0.3) is 5.65 Å². The predicted molar refractivity (Wildman–Crippen MR) is 47.2 cm³/mol. The van der Waals surface area contributed by atoms with E-state index in [0.29, 0.717) is 10.8 Å². The molecule has 0 spiro atoms. The van der Waals surface area contributed by atoms with E-state index in [4.69, 9.17) is 16.7 Å². The van der Waals surface area contributed by atoms with Crippen molar-refractivity contribution < 1.29 is 9.90 Å². The van der Waals surface area contributed by atoms with Crippen molar-refractivity contribution in [2.24, 2.45) is 0 Å². The molecule has 0 aliphatic rings. The van der Waals surface area contributed by atoms with Crippen molar-refractivity contribution in [1.82, 2.24) is 9.38 Å². The number of aromatic nitrogens is 2. The highest BCUT2D eigenvalue weighted by Crippen LogP contribution is 2.11. The van der Waals surface area contributed by atoms with Gasteiger partial charge >= 0.3 is 5.97 Å². The maximum atomic E-state index is 10.6. The second-order valence-corrected chi connectivity index (χ2v) is 2.94. The molecule has 2 aromatic heterocycles. The molecule has 4 nitrogen and oxygen atoms in total. The summed E-state index contributed by atoms with van der Waals surface area (Å²) in [6.07, 6.45) is 3.03. The summed E-state index contributed by atoms with van der Waals surface area (Å²) in [6.45, 7) is 0. The number of carboxylic acids is 1. The Labute approximate surface area is 78.4 Å². The fourth-order valence-corrected chi connectivity index (χ4v) is 1.28. The van der Waals surface area contributed by atoms with Gasteiger partial charge in [-0.05, 0) is 12.1 Å². The lowest BCUT2D eigenvalue weighted by molar-refractivity contribution is 0.0696. The van der Waals surface area contributed by atoms with Gasteiger partial charge in [-0.15, -0.1) is 0 Å². The second kappa shape index (κ2) is 2.74. The summed E-state index contributed by atoms with van der Waals surface area (Å²) in [7, 11) is 0. The molecule has 0 radical (unpaired) electrons. The van der Waals surface area contributed by atoms with Gasteiger partial charge in [0.2, 0.25) is 0 Å². The number of carbonyl (C=O) groups is 1. The maximum Gasteiger partial charge on any atom is 0.337 e. The van der Waals surface area contributed by atoms with E-state index in [1.165, 1.54) is 12.3 Å². The quantitative estimate of drug-likeness (QED) is 0.755. The van der Waals surface area contributed by atoms with Crippen LogP contribution in [0, 0.1) is 0 Å². The monoisotopic (exact) mass is 196 g/mol. The highest BCUT2D eigenvalue weighted by molar-refractivity contribution is 6.29. The summed E-state index contributed by atoms with van der Waals surface area (Å²) in [5.74, 6) is -0.966. The largest absolute Gasteiger partial charge is 0.478 e. The van der Waals surface area contributed by atoms with E-state index >= 15 is 0 Å². The molecule has 0 saturated heterocycles. The molecule has 0 amide bonds. The van der Waals surface area contributed by atoms with Gasteiger partial charge in [-0.3, -0.25) is 0 Å². The van der Waals surface area contributed by atoms with Gasteiger partial charge in [-0.1, -0.05) is 11.6 Å². The van der Waals surface area contributed by atoms with Crippen molar-refractivity contribution in [3.63, 3.8) is 0 Å². The molecule has 5 heteroatoms. The van der Waals surface area contributed by atoms with Crippen LogP contribution in [0.1, 0.15) is 10.4 Å². The minimum absolute atomic E-state index is 0.210. The molecule has 0 atom stereocenters. The zero-order chi connectivity index (χ0) is 9.42. The first kappa shape index (κ1) is 8.07. The van der Waals surface area contributed by atoms with Crippen LogP contribution in [0.4, 0.5) is 0 Å². The number of aromatic carboxylic acids is 1. The van der Waals surface area contributed by atoms with Crippen LogP contribution in [0.5, 0.6) is 0 Å². The molecular formula is C8H5ClN2O2. The highest BCUT2D eigenvalue weighted by Gasteiger charge is 2.04. The Morgan fingerprint density at radius 2 is 2.23 bits per heavy atom. The minimum Gasteiger partial charge on any atom is -0.478 e. The van der Waals surface area contributed by atoms with Crippen molar-refractivity contribution in [1.29, 1.82) is 0 Å².